The number of halogens is 2. The highest BCUT2D eigenvalue weighted by atomic mass is 35.5. The van der Waals surface area contributed by atoms with Gasteiger partial charge in [0.15, 0.2) is 0 Å². The number of carbonyl (C=O) groups excluding carboxylic acids is 2. The summed E-state index contributed by atoms with van der Waals surface area (Å²) in [5.41, 5.74) is 1.81. The van der Waals surface area contributed by atoms with Gasteiger partial charge in [0, 0.05) is 28.7 Å². The lowest BCUT2D eigenvalue weighted by Crippen LogP contribution is -2.29. The molecule has 5 nitrogen and oxygen atoms in total. The summed E-state index contributed by atoms with van der Waals surface area (Å²) in [6, 6.07) is 10.9. The molecule has 1 aromatic carbocycles. The topological polar surface area (TPSA) is 71.1 Å². The quantitative estimate of drug-likeness (QED) is 0.707. The molecule has 0 aliphatic heterocycles. The van der Waals surface area contributed by atoms with Crippen LogP contribution in [0.5, 0.6) is 0 Å². The molecule has 2 N–H and O–H groups in total. The number of rotatable bonds is 6. The fraction of sp³-hybridized carbons (Fsp3) is 0.350. The first-order valence-corrected chi connectivity index (χ1v) is 9.63. The lowest BCUT2D eigenvalue weighted by Gasteiger charge is -2.09. The largest absolute Gasteiger partial charge is 0.355 e. The summed E-state index contributed by atoms with van der Waals surface area (Å²) in [6.45, 7) is 1.000. The Morgan fingerprint density at radius 1 is 1.11 bits per heavy atom. The van der Waals surface area contributed by atoms with Crippen molar-refractivity contribution >= 4 is 35.5 Å². The van der Waals surface area contributed by atoms with Crippen molar-refractivity contribution in [2.24, 2.45) is 5.92 Å². The minimum Gasteiger partial charge on any atom is -0.355 e. The Morgan fingerprint density at radius 3 is 2.41 bits per heavy atom. The van der Waals surface area contributed by atoms with Crippen LogP contribution in [0.3, 0.4) is 0 Å². The van der Waals surface area contributed by atoms with Gasteiger partial charge in [0.25, 0.3) is 0 Å². The van der Waals surface area contributed by atoms with Crippen LogP contribution in [-0.2, 0) is 22.7 Å². The van der Waals surface area contributed by atoms with Crippen LogP contribution >= 0.6 is 23.2 Å². The molecule has 1 aliphatic rings. The van der Waals surface area contributed by atoms with E-state index in [-0.39, 0.29) is 11.8 Å². The highest BCUT2D eigenvalue weighted by Crippen LogP contribution is 2.24. The fourth-order valence-corrected chi connectivity index (χ4v) is 3.46. The Bertz CT molecular complexity index is 715. The molecule has 0 atom stereocenters. The van der Waals surface area contributed by atoms with E-state index in [4.69, 9.17) is 23.2 Å². The molecule has 1 heterocycles. The highest BCUT2D eigenvalue weighted by molar-refractivity contribution is 6.34. The van der Waals surface area contributed by atoms with E-state index in [1.54, 1.807) is 24.4 Å². The molecule has 27 heavy (non-hydrogen) atoms. The molecule has 1 aromatic heterocycles. The number of nitrogens with zero attached hydrogens (tertiary/aromatic N) is 1. The molecule has 0 bridgehead atoms. The zero-order chi connectivity index (χ0) is 19.5. The van der Waals surface area contributed by atoms with Gasteiger partial charge in [0.05, 0.1) is 12.2 Å². The van der Waals surface area contributed by atoms with Crippen LogP contribution in [0, 0.1) is 5.92 Å². The van der Waals surface area contributed by atoms with E-state index in [2.05, 4.69) is 15.6 Å². The second kappa shape index (κ2) is 11.6. The number of carbonyl (C=O) groups is 2. The van der Waals surface area contributed by atoms with E-state index in [1.807, 2.05) is 18.2 Å². The zero-order valence-electron chi connectivity index (χ0n) is 15.0. The van der Waals surface area contributed by atoms with Crippen LogP contribution < -0.4 is 10.6 Å². The second-order valence-electron chi connectivity index (χ2n) is 6.30. The van der Waals surface area contributed by atoms with Crippen LogP contribution in [0.15, 0.2) is 42.6 Å². The van der Waals surface area contributed by atoms with Gasteiger partial charge in [-0.3, -0.25) is 14.6 Å². The first-order valence-electron chi connectivity index (χ1n) is 8.88. The molecule has 1 aliphatic carbocycles. The Hall–Kier alpha value is -2.11. The van der Waals surface area contributed by atoms with Crippen molar-refractivity contribution in [3.05, 3.63) is 63.9 Å². The van der Waals surface area contributed by atoms with Crippen LogP contribution in [0.25, 0.3) is 0 Å². The molecule has 3 rings (SSSR count). The van der Waals surface area contributed by atoms with E-state index < -0.39 is 0 Å². The van der Waals surface area contributed by atoms with Crippen LogP contribution in [0.2, 0.25) is 10.0 Å². The van der Waals surface area contributed by atoms with Crippen molar-refractivity contribution in [2.75, 3.05) is 0 Å². The summed E-state index contributed by atoms with van der Waals surface area (Å²) < 4.78 is 0. The van der Waals surface area contributed by atoms with Crippen LogP contribution in [0.4, 0.5) is 0 Å². The van der Waals surface area contributed by atoms with E-state index >= 15 is 0 Å². The lowest BCUT2D eigenvalue weighted by molar-refractivity contribution is -0.125. The molecule has 0 radical (unpaired) electrons. The maximum atomic E-state index is 11.7. The number of pyridine rings is 1. The Balaban J connectivity index is 0.000000199. The molecule has 2 aromatic rings. The smallest absolute Gasteiger partial charge is 0.223 e. The van der Waals surface area contributed by atoms with Gasteiger partial charge in [0.2, 0.25) is 12.3 Å². The van der Waals surface area contributed by atoms with Crippen molar-refractivity contribution < 1.29 is 9.59 Å². The summed E-state index contributed by atoms with van der Waals surface area (Å²) in [7, 11) is 0. The number of nitrogens with one attached hydrogen (secondary N) is 2. The number of hydrogen-bond acceptors (Lipinski definition) is 3. The molecule has 0 saturated heterocycles. The summed E-state index contributed by atoms with van der Waals surface area (Å²) >= 11 is 11.5. The Morgan fingerprint density at radius 2 is 1.81 bits per heavy atom. The SMILES string of the molecule is O=C(NCc1ccccn1)C1CCCC1.O=CNCc1cc(Cl)cc(Cl)c1. The first kappa shape index (κ1) is 21.2. The van der Waals surface area contributed by atoms with E-state index in [1.165, 1.54) is 12.8 Å². The van der Waals surface area contributed by atoms with Crippen LogP contribution in [-0.4, -0.2) is 17.3 Å². The average Bonchev–Trinajstić information content (AvgIpc) is 3.20. The predicted octanol–water partition coefficient (Wildman–Crippen LogP) is 4.13. The van der Waals surface area contributed by atoms with Gasteiger partial charge in [-0.15, -0.1) is 0 Å². The predicted molar refractivity (Wildman–Crippen MR) is 107 cm³/mol. The number of aromatic nitrogens is 1. The van der Waals surface area contributed by atoms with Gasteiger partial charge in [0.1, 0.15) is 0 Å². The van der Waals surface area contributed by atoms with Gasteiger partial charge in [-0.2, -0.15) is 0 Å². The first-order chi connectivity index (χ1) is 13.1. The Kier molecular flexibility index (Phi) is 9.08. The minimum absolute atomic E-state index is 0.193. The molecular formula is C20H23Cl2N3O2. The molecule has 2 amide bonds. The lowest BCUT2D eigenvalue weighted by atomic mass is 10.1. The Labute approximate surface area is 169 Å². The monoisotopic (exact) mass is 407 g/mol. The van der Waals surface area contributed by atoms with E-state index in [9.17, 15) is 9.59 Å². The second-order valence-corrected chi connectivity index (χ2v) is 7.17. The van der Waals surface area contributed by atoms with Crippen molar-refractivity contribution in [1.82, 2.24) is 15.6 Å². The van der Waals surface area contributed by atoms with Crippen molar-refractivity contribution in [3.63, 3.8) is 0 Å². The van der Waals surface area contributed by atoms with Crippen molar-refractivity contribution in [1.29, 1.82) is 0 Å². The van der Waals surface area contributed by atoms with Crippen molar-refractivity contribution in [3.8, 4) is 0 Å². The third-order valence-corrected chi connectivity index (χ3v) is 4.64. The van der Waals surface area contributed by atoms with Gasteiger partial charge in [-0.1, -0.05) is 42.1 Å². The number of amides is 2. The molecule has 1 saturated carbocycles. The maximum absolute atomic E-state index is 11.7. The zero-order valence-corrected chi connectivity index (χ0v) is 16.5. The fourth-order valence-electron chi connectivity index (χ4n) is 2.89. The standard InChI is InChI=1S/C12H16N2O.C8H7Cl2NO/c15-12(10-5-1-2-6-10)14-9-11-7-3-4-8-13-11;9-7-1-6(4-11-5-12)2-8(10)3-7/h3-4,7-8,10H,1-2,5-6,9H2,(H,14,15);1-3,5H,4H2,(H,11,12). The summed E-state index contributed by atoms with van der Waals surface area (Å²) in [6.07, 6.45) is 6.87. The molecule has 144 valence electrons. The molecule has 1 fully saturated rings. The molecule has 0 unspecified atom stereocenters. The third kappa shape index (κ3) is 7.97. The van der Waals surface area contributed by atoms with Gasteiger partial charge in [-0.25, -0.2) is 0 Å². The van der Waals surface area contributed by atoms with Gasteiger partial charge in [-0.05, 0) is 48.7 Å². The van der Waals surface area contributed by atoms with Gasteiger partial charge >= 0.3 is 0 Å². The van der Waals surface area contributed by atoms with Crippen LogP contribution in [0.1, 0.15) is 36.9 Å². The average molecular weight is 408 g/mol. The van der Waals surface area contributed by atoms with Crippen molar-refractivity contribution in [2.45, 2.75) is 38.8 Å². The third-order valence-electron chi connectivity index (χ3n) is 4.21. The minimum atomic E-state index is 0.193. The summed E-state index contributed by atoms with van der Waals surface area (Å²) in [5.74, 6) is 0.437. The summed E-state index contributed by atoms with van der Waals surface area (Å²) in [4.78, 5) is 25.8. The number of hydrogen-bond donors (Lipinski definition) is 2. The maximum Gasteiger partial charge on any atom is 0.223 e. The number of benzene rings is 1. The molecule has 7 heteroatoms. The molecular weight excluding hydrogens is 385 g/mol. The molecule has 0 spiro atoms. The summed E-state index contributed by atoms with van der Waals surface area (Å²) in [5, 5.41) is 6.61. The van der Waals surface area contributed by atoms with E-state index in [0.717, 1.165) is 24.1 Å². The van der Waals surface area contributed by atoms with E-state index in [0.29, 0.717) is 29.5 Å². The normalized spacial score (nSPS) is 13.4. The van der Waals surface area contributed by atoms with Gasteiger partial charge < -0.3 is 10.6 Å². The highest BCUT2D eigenvalue weighted by Gasteiger charge is 2.22.